The molecule has 0 fully saturated rings. The molecule has 0 radical (unpaired) electrons. The Morgan fingerprint density at radius 2 is 1.78 bits per heavy atom. The molecule has 0 heterocycles. The van der Waals surface area contributed by atoms with Gasteiger partial charge in [0.05, 0.1) is 0 Å². The molecule has 18 heavy (non-hydrogen) atoms. The maximum atomic E-state index is 11.4. The molecule has 0 spiro atoms. The summed E-state index contributed by atoms with van der Waals surface area (Å²) in [6.45, 7) is 0.685. The van der Waals surface area contributed by atoms with Crippen LogP contribution in [0.2, 0.25) is 0 Å². The third kappa shape index (κ3) is 8.51. The van der Waals surface area contributed by atoms with Crippen LogP contribution in [0.15, 0.2) is 0 Å². The molecule has 0 unspecified atom stereocenters. The first kappa shape index (κ1) is 16.4. The molecule has 0 rings (SSSR count). The molecule has 0 aromatic carbocycles. The van der Waals surface area contributed by atoms with E-state index in [-0.39, 0.29) is 31.6 Å². The summed E-state index contributed by atoms with van der Waals surface area (Å²) < 4.78 is 0. The number of aliphatic carboxylic acids is 2. The van der Waals surface area contributed by atoms with Gasteiger partial charge in [0.2, 0.25) is 5.91 Å². The third-order valence-corrected chi connectivity index (χ3v) is 2.35. The van der Waals surface area contributed by atoms with Crippen molar-refractivity contribution in [3.05, 3.63) is 0 Å². The Hall–Kier alpha value is -1.63. The zero-order valence-electron chi connectivity index (χ0n) is 10.4. The predicted octanol–water partition coefficient (Wildman–Crippen LogP) is -0.190. The Morgan fingerprint density at radius 3 is 2.28 bits per heavy atom. The molecule has 7 nitrogen and oxygen atoms in total. The summed E-state index contributed by atoms with van der Waals surface area (Å²) in [4.78, 5) is 32.6. The highest BCUT2D eigenvalue weighted by Gasteiger charge is 2.19. The predicted molar refractivity (Wildman–Crippen MR) is 64.2 cm³/mol. The highest BCUT2D eigenvalue weighted by molar-refractivity contribution is 5.83. The molecule has 0 aromatic rings. The van der Waals surface area contributed by atoms with Crippen LogP contribution in [0.25, 0.3) is 0 Å². The van der Waals surface area contributed by atoms with Crippen LogP contribution in [0.5, 0.6) is 0 Å². The van der Waals surface area contributed by atoms with E-state index in [0.717, 1.165) is 0 Å². The molecule has 0 aliphatic carbocycles. The summed E-state index contributed by atoms with van der Waals surface area (Å²) >= 11 is 0. The van der Waals surface area contributed by atoms with Gasteiger partial charge >= 0.3 is 11.9 Å². The van der Waals surface area contributed by atoms with Gasteiger partial charge in [-0.3, -0.25) is 9.59 Å². The molecule has 0 aliphatic rings. The fraction of sp³-hybridized carbons (Fsp3) is 0.727. The van der Waals surface area contributed by atoms with Gasteiger partial charge in [0.25, 0.3) is 0 Å². The number of hydrogen-bond acceptors (Lipinski definition) is 4. The van der Waals surface area contributed by atoms with Crippen molar-refractivity contribution in [1.29, 1.82) is 0 Å². The molecular weight excluding hydrogens is 240 g/mol. The average Bonchev–Trinajstić information content (AvgIpc) is 2.27. The Bertz CT molecular complexity index is 293. The second kappa shape index (κ2) is 9.41. The summed E-state index contributed by atoms with van der Waals surface area (Å²) in [6, 6.07) is -1.01. The summed E-state index contributed by atoms with van der Waals surface area (Å²) in [7, 11) is 1.77. The van der Waals surface area contributed by atoms with Gasteiger partial charge in [-0.25, -0.2) is 4.79 Å². The quantitative estimate of drug-likeness (QED) is 0.405. The van der Waals surface area contributed by atoms with Crippen LogP contribution in [0, 0.1) is 0 Å². The lowest BCUT2D eigenvalue weighted by atomic mass is 10.1. The van der Waals surface area contributed by atoms with Crippen molar-refractivity contribution >= 4 is 17.8 Å². The fourth-order valence-electron chi connectivity index (χ4n) is 1.41. The lowest BCUT2D eigenvalue weighted by Crippen LogP contribution is -2.40. The average molecular weight is 260 g/mol. The Morgan fingerprint density at radius 1 is 1.11 bits per heavy atom. The topological polar surface area (TPSA) is 116 Å². The van der Waals surface area contributed by atoms with E-state index in [4.69, 9.17) is 10.2 Å². The van der Waals surface area contributed by atoms with E-state index in [9.17, 15) is 14.4 Å². The van der Waals surface area contributed by atoms with E-state index in [1.54, 1.807) is 7.05 Å². The lowest BCUT2D eigenvalue weighted by Gasteiger charge is -2.13. The molecule has 0 bridgehead atoms. The molecule has 1 atom stereocenters. The van der Waals surface area contributed by atoms with E-state index in [1.165, 1.54) is 0 Å². The smallest absolute Gasteiger partial charge is 0.326 e. The van der Waals surface area contributed by atoms with Crippen molar-refractivity contribution in [2.75, 3.05) is 13.6 Å². The monoisotopic (exact) mass is 260 g/mol. The highest BCUT2D eigenvalue weighted by Crippen LogP contribution is 2.02. The standard InChI is InChI=1S/C11H20N2O5/c1-12-7-3-5-9(14)13-8(11(17)18)4-2-6-10(15)16/h8,12H,2-7H2,1H3,(H,13,14)(H,15,16)(H,17,18)/t8-/m1/s1. The SMILES string of the molecule is CNCCCC(=O)N[C@H](CCCC(=O)O)C(=O)O. The number of carboxylic acids is 2. The fourth-order valence-corrected chi connectivity index (χ4v) is 1.41. The van der Waals surface area contributed by atoms with Gasteiger partial charge < -0.3 is 20.8 Å². The second-order valence-electron chi connectivity index (χ2n) is 3.95. The van der Waals surface area contributed by atoms with Gasteiger partial charge in [-0.2, -0.15) is 0 Å². The van der Waals surface area contributed by atoms with Crippen LogP contribution in [0.3, 0.4) is 0 Å². The summed E-state index contributed by atoms with van der Waals surface area (Å²) in [5.41, 5.74) is 0. The molecule has 0 aliphatic heterocycles. The van der Waals surface area contributed by atoms with Gasteiger partial charge in [0, 0.05) is 12.8 Å². The molecule has 7 heteroatoms. The van der Waals surface area contributed by atoms with Crippen LogP contribution in [-0.4, -0.2) is 47.7 Å². The van der Waals surface area contributed by atoms with Crippen LogP contribution < -0.4 is 10.6 Å². The number of hydrogen-bond donors (Lipinski definition) is 4. The van der Waals surface area contributed by atoms with Crippen molar-refractivity contribution < 1.29 is 24.6 Å². The van der Waals surface area contributed by atoms with Gasteiger partial charge in [0.15, 0.2) is 0 Å². The van der Waals surface area contributed by atoms with Gasteiger partial charge in [-0.05, 0) is 32.9 Å². The minimum absolute atomic E-state index is 0.0978. The maximum absolute atomic E-state index is 11.4. The van der Waals surface area contributed by atoms with E-state index < -0.39 is 18.0 Å². The number of amides is 1. The Balaban J connectivity index is 3.99. The Labute approximate surface area is 106 Å². The number of carbonyl (C=O) groups excluding carboxylic acids is 1. The van der Waals surface area contributed by atoms with Gasteiger partial charge in [-0.15, -0.1) is 0 Å². The van der Waals surface area contributed by atoms with Gasteiger partial charge in [-0.1, -0.05) is 0 Å². The molecule has 104 valence electrons. The summed E-state index contributed by atoms with van der Waals surface area (Å²) in [5, 5.41) is 22.6. The molecular formula is C11H20N2O5. The minimum Gasteiger partial charge on any atom is -0.481 e. The van der Waals surface area contributed by atoms with Crippen molar-refractivity contribution in [2.45, 2.75) is 38.1 Å². The third-order valence-electron chi connectivity index (χ3n) is 2.35. The first-order valence-corrected chi connectivity index (χ1v) is 5.86. The van der Waals surface area contributed by atoms with Crippen molar-refractivity contribution in [1.82, 2.24) is 10.6 Å². The largest absolute Gasteiger partial charge is 0.481 e. The van der Waals surface area contributed by atoms with E-state index in [0.29, 0.717) is 13.0 Å². The summed E-state index contributed by atoms with van der Waals surface area (Å²) in [6.07, 6.45) is 1.13. The van der Waals surface area contributed by atoms with Crippen LogP contribution in [-0.2, 0) is 14.4 Å². The number of carboxylic acid groups (broad SMARTS) is 2. The van der Waals surface area contributed by atoms with E-state index in [2.05, 4.69) is 10.6 Å². The van der Waals surface area contributed by atoms with Gasteiger partial charge in [0.1, 0.15) is 6.04 Å². The van der Waals surface area contributed by atoms with Crippen molar-refractivity contribution in [2.24, 2.45) is 0 Å². The zero-order chi connectivity index (χ0) is 14.0. The first-order valence-electron chi connectivity index (χ1n) is 5.86. The number of nitrogens with one attached hydrogen (secondary N) is 2. The second-order valence-corrected chi connectivity index (χ2v) is 3.95. The zero-order valence-corrected chi connectivity index (χ0v) is 10.4. The lowest BCUT2D eigenvalue weighted by molar-refractivity contribution is -0.142. The maximum Gasteiger partial charge on any atom is 0.326 e. The van der Waals surface area contributed by atoms with Crippen LogP contribution in [0.1, 0.15) is 32.1 Å². The molecule has 4 N–H and O–H groups in total. The number of rotatable bonds is 10. The number of carbonyl (C=O) groups is 3. The van der Waals surface area contributed by atoms with E-state index >= 15 is 0 Å². The molecule has 0 saturated heterocycles. The normalized spacial score (nSPS) is 11.8. The Kier molecular flexibility index (Phi) is 8.55. The summed E-state index contributed by atoms with van der Waals surface area (Å²) in [5.74, 6) is -2.44. The van der Waals surface area contributed by atoms with Crippen LogP contribution >= 0.6 is 0 Å². The molecule has 1 amide bonds. The molecule has 0 saturated carbocycles. The van der Waals surface area contributed by atoms with Crippen molar-refractivity contribution in [3.63, 3.8) is 0 Å². The van der Waals surface area contributed by atoms with Crippen molar-refractivity contribution in [3.8, 4) is 0 Å². The minimum atomic E-state index is -1.14. The first-order chi connectivity index (χ1) is 8.47. The van der Waals surface area contributed by atoms with Crippen LogP contribution in [0.4, 0.5) is 0 Å². The van der Waals surface area contributed by atoms with E-state index in [1.807, 2.05) is 0 Å². The molecule has 0 aromatic heterocycles. The highest BCUT2D eigenvalue weighted by atomic mass is 16.4.